The molecule has 19 heavy (non-hydrogen) atoms. The predicted octanol–water partition coefficient (Wildman–Crippen LogP) is 3.07. The summed E-state index contributed by atoms with van der Waals surface area (Å²) in [6, 6.07) is 0. The topological polar surface area (TPSA) is 41.5 Å². The highest BCUT2D eigenvalue weighted by Crippen LogP contribution is 2.48. The van der Waals surface area contributed by atoms with E-state index in [-0.39, 0.29) is 17.2 Å². The van der Waals surface area contributed by atoms with Crippen molar-refractivity contribution in [1.29, 1.82) is 0 Å². The van der Waals surface area contributed by atoms with E-state index in [1.165, 1.54) is 27.8 Å². The van der Waals surface area contributed by atoms with Crippen LogP contribution in [0.25, 0.3) is 0 Å². The van der Waals surface area contributed by atoms with Gasteiger partial charge in [0, 0.05) is 4.91 Å². The summed E-state index contributed by atoms with van der Waals surface area (Å²) in [5.41, 5.74) is 2.53. The molecule has 3 aliphatic rings. The molecule has 3 rings (SSSR count). The minimum Gasteiger partial charge on any atom is -0.305 e. The molecular weight excluding hydrogens is 276 g/mol. The van der Waals surface area contributed by atoms with Gasteiger partial charge in [-0.25, -0.2) is 4.99 Å². The van der Waals surface area contributed by atoms with Gasteiger partial charge < -0.3 is 5.32 Å². The first-order valence-corrected chi connectivity index (χ1v) is 8.47. The molecule has 2 aliphatic heterocycles. The summed E-state index contributed by atoms with van der Waals surface area (Å²) in [7, 11) is 0. The molecule has 0 aromatic heterocycles. The molecule has 0 spiro atoms. The third kappa shape index (κ3) is 2.30. The van der Waals surface area contributed by atoms with Gasteiger partial charge in [-0.15, -0.1) is 0 Å². The van der Waals surface area contributed by atoms with Crippen molar-refractivity contribution < 1.29 is 4.79 Å². The molecule has 0 bridgehead atoms. The summed E-state index contributed by atoms with van der Waals surface area (Å²) in [6.07, 6.45) is 10.6. The Balaban J connectivity index is 1.93. The summed E-state index contributed by atoms with van der Waals surface area (Å²) >= 11 is 3.24. The number of hydrogen-bond acceptors (Lipinski definition) is 4. The van der Waals surface area contributed by atoms with Gasteiger partial charge in [0.2, 0.25) is 5.91 Å². The smallest absolute Gasteiger partial charge is 0.236 e. The van der Waals surface area contributed by atoms with Crippen LogP contribution in [0.15, 0.2) is 39.3 Å². The number of carbonyl (C=O) groups excluding carboxylic acids is 1. The number of thioether (sulfide) groups is 2. The highest BCUT2D eigenvalue weighted by Gasteiger charge is 2.42. The summed E-state index contributed by atoms with van der Waals surface area (Å²) in [5, 5.41) is 3.65. The first-order valence-electron chi connectivity index (χ1n) is 6.37. The second-order valence-corrected chi connectivity index (χ2v) is 6.71. The maximum atomic E-state index is 12.2. The monoisotopic (exact) mass is 292 g/mol. The lowest BCUT2D eigenvalue weighted by molar-refractivity contribution is -0.122. The lowest BCUT2D eigenvalue weighted by Gasteiger charge is -2.23. The molecule has 0 aromatic carbocycles. The number of nitrogens with one attached hydrogen (secondary N) is 1. The molecule has 1 N–H and O–H groups in total. The van der Waals surface area contributed by atoms with E-state index in [0.717, 1.165) is 18.0 Å². The van der Waals surface area contributed by atoms with E-state index in [0.29, 0.717) is 0 Å². The van der Waals surface area contributed by atoms with Gasteiger partial charge >= 0.3 is 0 Å². The second-order valence-electron chi connectivity index (χ2n) is 4.78. The first-order chi connectivity index (χ1) is 9.20. The molecule has 3 nitrogen and oxygen atoms in total. The molecular formula is C14H16N2OS2. The fraction of sp³-hybridized carbons (Fsp3) is 0.429. The summed E-state index contributed by atoms with van der Waals surface area (Å²) in [5.74, 6) is -0.000919. The normalized spacial score (nSPS) is 29.9. The van der Waals surface area contributed by atoms with Crippen molar-refractivity contribution in [3.8, 4) is 0 Å². The number of hydrogen-bond donors (Lipinski definition) is 1. The number of aliphatic imine (C=N–C) groups is 1. The Kier molecular flexibility index (Phi) is 3.58. The van der Waals surface area contributed by atoms with Crippen molar-refractivity contribution in [2.45, 2.75) is 25.1 Å². The Morgan fingerprint density at radius 3 is 3.05 bits per heavy atom. The quantitative estimate of drug-likeness (QED) is 0.807. The Bertz CT molecular complexity index is 546. The Morgan fingerprint density at radius 1 is 1.53 bits per heavy atom. The summed E-state index contributed by atoms with van der Waals surface area (Å²) < 4.78 is 0. The number of nitrogens with zero attached hydrogens (tertiary/aromatic N) is 1. The fourth-order valence-corrected chi connectivity index (χ4v) is 4.61. The molecule has 1 aliphatic carbocycles. The Hall–Kier alpha value is -0.940. The minimum absolute atomic E-state index is 0.0259. The third-order valence-electron chi connectivity index (χ3n) is 3.60. The largest absolute Gasteiger partial charge is 0.305 e. The average molecular weight is 292 g/mol. The highest BCUT2D eigenvalue weighted by atomic mass is 32.2. The van der Waals surface area contributed by atoms with E-state index < -0.39 is 0 Å². The number of amidine groups is 1. The maximum Gasteiger partial charge on any atom is 0.236 e. The first kappa shape index (κ1) is 13.1. The number of amides is 1. The average Bonchev–Trinajstić information content (AvgIpc) is 2.77. The van der Waals surface area contributed by atoms with Crippen molar-refractivity contribution in [2.75, 3.05) is 6.26 Å². The molecule has 0 saturated carbocycles. The fourth-order valence-electron chi connectivity index (χ4n) is 2.62. The van der Waals surface area contributed by atoms with Crippen LogP contribution >= 0.6 is 23.5 Å². The van der Waals surface area contributed by atoms with Crippen molar-refractivity contribution in [3.63, 3.8) is 0 Å². The van der Waals surface area contributed by atoms with Crippen LogP contribution in [-0.2, 0) is 4.79 Å². The lowest BCUT2D eigenvalue weighted by atomic mass is 9.94. The van der Waals surface area contributed by atoms with Crippen molar-refractivity contribution >= 4 is 34.6 Å². The Labute approximate surface area is 121 Å². The standard InChI is InChI=1S/C14H16N2OS2/c1-8-10-12(17)15-14(18-2)16-13(10)19-11(8)9-6-4-3-5-7-9/h3-4,6,10,13H,5,7H2,1-2H3,(H,15,16,17). The van der Waals surface area contributed by atoms with E-state index in [4.69, 9.17) is 0 Å². The van der Waals surface area contributed by atoms with Gasteiger partial charge in [0.25, 0.3) is 0 Å². The van der Waals surface area contributed by atoms with Gasteiger partial charge in [-0.05, 0) is 37.2 Å². The van der Waals surface area contributed by atoms with Gasteiger partial charge in [-0.2, -0.15) is 0 Å². The van der Waals surface area contributed by atoms with Gasteiger partial charge in [0.1, 0.15) is 5.37 Å². The molecule has 100 valence electrons. The Morgan fingerprint density at radius 2 is 2.37 bits per heavy atom. The molecule has 5 heteroatoms. The van der Waals surface area contributed by atoms with E-state index in [2.05, 4.69) is 35.5 Å². The van der Waals surface area contributed by atoms with Gasteiger partial charge in [-0.3, -0.25) is 4.79 Å². The van der Waals surface area contributed by atoms with Crippen LogP contribution in [0.1, 0.15) is 19.8 Å². The van der Waals surface area contributed by atoms with Crippen LogP contribution < -0.4 is 5.32 Å². The van der Waals surface area contributed by atoms with Gasteiger partial charge in [0.15, 0.2) is 5.17 Å². The highest BCUT2D eigenvalue weighted by molar-refractivity contribution is 8.13. The lowest BCUT2D eigenvalue weighted by Crippen LogP contribution is -2.42. The van der Waals surface area contributed by atoms with Crippen molar-refractivity contribution in [2.24, 2.45) is 10.9 Å². The van der Waals surface area contributed by atoms with E-state index in [9.17, 15) is 4.79 Å². The summed E-state index contributed by atoms with van der Waals surface area (Å²) in [4.78, 5) is 18.1. The van der Waals surface area contributed by atoms with Crippen molar-refractivity contribution in [3.05, 3.63) is 34.3 Å². The number of carbonyl (C=O) groups is 1. The zero-order chi connectivity index (χ0) is 13.4. The van der Waals surface area contributed by atoms with E-state index >= 15 is 0 Å². The van der Waals surface area contributed by atoms with Crippen molar-refractivity contribution in [1.82, 2.24) is 5.32 Å². The number of allylic oxidation sites excluding steroid dienone is 4. The number of fused-ring (bicyclic) bond motifs is 1. The number of rotatable bonds is 1. The molecule has 0 fully saturated rings. The van der Waals surface area contributed by atoms with E-state index in [1.807, 2.05) is 6.26 Å². The molecule has 0 saturated heterocycles. The van der Waals surface area contributed by atoms with Gasteiger partial charge in [0.05, 0.1) is 5.92 Å². The van der Waals surface area contributed by atoms with Crippen LogP contribution in [0.4, 0.5) is 0 Å². The summed E-state index contributed by atoms with van der Waals surface area (Å²) in [6.45, 7) is 2.07. The van der Waals surface area contributed by atoms with Crippen LogP contribution in [0, 0.1) is 5.92 Å². The minimum atomic E-state index is -0.0947. The SMILES string of the molecule is CSC1=NC2SC(C3=CC=CCC3)=C(C)C2C(=O)N1. The second kappa shape index (κ2) is 5.21. The van der Waals surface area contributed by atoms with E-state index in [1.54, 1.807) is 11.8 Å². The zero-order valence-corrected chi connectivity index (χ0v) is 12.6. The predicted molar refractivity (Wildman–Crippen MR) is 83.1 cm³/mol. The zero-order valence-electron chi connectivity index (χ0n) is 11.0. The van der Waals surface area contributed by atoms with Crippen LogP contribution in [-0.4, -0.2) is 22.7 Å². The maximum absolute atomic E-state index is 12.2. The third-order valence-corrected chi connectivity index (χ3v) is 5.64. The molecule has 2 atom stereocenters. The molecule has 2 heterocycles. The molecule has 1 amide bonds. The van der Waals surface area contributed by atoms with Crippen LogP contribution in [0.5, 0.6) is 0 Å². The molecule has 0 aromatic rings. The van der Waals surface area contributed by atoms with Gasteiger partial charge in [-0.1, -0.05) is 41.8 Å². The van der Waals surface area contributed by atoms with Crippen LogP contribution in [0.3, 0.4) is 0 Å². The molecule has 2 unspecified atom stereocenters. The van der Waals surface area contributed by atoms with Crippen LogP contribution in [0.2, 0.25) is 0 Å². The molecule has 0 radical (unpaired) electrons.